The van der Waals surface area contributed by atoms with E-state index in [-0.39, 0.29) is 58.2 Å². The smallest absolute Gasteiger partial charge is 0.303 e. The maximum Gasteiger partial charge on any atom is 0.303 e. The second-order valence-corrected chi connectivity index (χ2v) is 16.7. The van der Waals surface area contributed by atoms with Crippen LogP contribution in [0, 0.1) is 39.9 Å². The highest BCUT2D eigenvalue weighted by molar-refractivity contribution is 5.95. The predicted octanol–water partition coefficient (Wildman–Crippen LogP) is 5.39. The summed E-state index contributed by atoms with van der Waals surface area (Å²) in [6.45, 7) is 16.9. The number of aliphatic hydroxyl groups is 2. The van der Waals surface area contributed by atoms with Crippen molar-refractivity contribution < 1.29 is 24.5 Å². The number of carbonyl (C=O) groups is 2. The Morgan fingerprint density at radius 1 is 1.04 bits per heavy atom. The van der Waals surface area contributed by atoms with Crippen LogP contribution in [0.5, 0.6) is 0 Å². The summed E-state index contributed by atoms with van der Waals surface area (Å²) in [4.78, 5) is 26.2. The van der Waals surface area contributed by atoms with Crippen molar-refractivity contribution in [3.63, 3.8) is 0 Å². The van der Waals surface area contributed by atoms with Gasteiger partial charge in [-0.15, -0.1) is 5.10 Å². The van der Waals surface area contributed by atoms with Gasteiger partial charge in [-0.25, -0.2) is 4.68 Å². The van der Waals surface area contributed by atoms with E-state index < -0.39 is 23.9 Å². The highest BCUT2D eigenvalue weighted by Gasteiger charge is 2.72. The van der Waals surface area contributed by atoms with E-state index >= 15 is 0 Å². The van der Waals surface area contributed by atoms with Crippen LogP contribution in [0.25, 0.3) is 0 Å². The fourth-order valence-electron chi connectivity index (χ4n) is 12.1. The number of allylic oxidation sites excluding steroid dienone is 3. The van der Waals surface area contributed by atoms with E-state index in [1.165, 1.54) is 18.1 Å². The average Bonchev–Trinajstić information content (AvgIpc) is 3.71. The van der Waals surface area contributed by atoms with Crippen molar-refractivity contribution in [2.75, 3.05) is 0 Å². The monoisotopic (exact) mass is 636 g/mol. The summed E-state index contributed by atoms with van der Waals surface area (Å²) in [5.74, 6) is -0.218. The summed E-state index contributed by atoms with van der Waals surface area (Å²) in [5, 5.41) is 32.8. The molecule has 0 saturated heterocycles. The Morgan fingerprint density at radius 2 is 1.76 bits per heavy atom. The molecule has 0 aliphatic heterocycles. The maximum atomic E-state index is 13.6. The third-order valence-electron chi connectivity index (χ3n) is 14.4. The molecular formula is C37H56N4O5. The van der Waals surface area contributed by atoms with Gasteiger partial charge >= 0.3 is 5.97 Å². The molecule has 5 saturated carbocycles. The molecule has 0 amide bonds. The van der Waals surface area contributed by atoms with Gasteiger partial charge < -0.3 is 20.7 Å². The van der Waals surface area contributed by atoms with Crippen LogP contribution in [0.1, 0.15) is 119 Å². The van der Waals surface area contributed by atoms with Crippen molar-refractivity contribution in [1.29, 1.82) is 0 Å². The van der Waals surface area contributed by atoms with E-state index in [0.29, 0.717) is 25.0 Å². The van der Waals surface area contributed by atoms with Gasteiger partial charge in [-0.1, -0.05) is 37.1 Å². The topological polar surface area (TPSA) is 141 Å². The Kier molecular flexibility index (Phi) is 8.29. The summed E-state index contributed by atoms with van der Waals surface area (Å²) in [6.07, 6.45) is 7.26. The quantitative estimate of drug-likeness (QED) is 0.222. The number of ether oxygens (including phenoxy) is 1. The fraction of sp³-hybridized carbons (Fsp3) is 0.784. The van der Waals surface area contributed by atoms with E-state index in [1.54, 1.807) is 6.92 Å². The van der Waals surface area contributed by atoms with Crippen LogP contribution in [-0.4, -0.2) is 55.3 Å². The Balaban J connectivity index is 1.46. The molecule has 9 heteroatoms. The predicted molar refractivity (Wildman–Crippen MR) is 175 cm³/mol. The van der Waals surface area contributed by atoms with Crippen molar-refractivity contribution in [3.05, 3.63) is 34.2 Å². The molecule has 0 aromatic carbocycles. The number of Topliss-reactive ketones (excluding diaryl/α,β-unsaturated/α-hetero) is 1. The van der Waals surface area contributed by atoms with E-state index in [4.69, 9.17) is 10.5 Å². The average molecular weight is 637 g/mol. The first-order valence-corrected chi connectivity index (χ1v) is 17.6. The lowest BCUT2D eigenvalue weighted by atomic mass is 9.35. The number of hydrogen-bond acceptors (Lipinski definition) is 8. The Hall–Kier alpha value is -2.36. The zero-order valence-electron chi connectivity index (χ0n) is 29.2. The number of carbonyl (C=O) groups excluding carboxylic acids is 2. The lowest BCUT2D eigenvalue weighted by molar-refractivity contribution is -0.249. The van der Waals surface area contributed by atoms with Crippen molar-refractivity contribution >= 4 is 11.8 Å². The van der Waals surface area contributed by atoms with Crippen LogP contribution in [0.4, 0.5) is 0 Å². The van der Waals surface area contributed by atoms with Crippen LogP contribution in [0.3, 0.4) is 0 Å². The van der Waals surface area contributed by atoms with E-state index in [2.05, 4.69) is 51.9 Å². The van der Waals surface area contributed by atoms with E-state index in [0.717, 1.165) is 49.7 Å². The summed E-state index contributed by atoms with van der Waals surface area (Å²) in [7, 11) is 0. The second kappa shape index (κ2) is 11.4. The van der Waals surface area contributed by atoms with Gasteiger partial charge in [-0.05, 0) is 131 Å². The van der Waals surface area contributed by atoms with E-state index in [9.17, 15) is 19.8 Å². The fourth-order valence-corrected chi connectivity index (χ4v) is 12.1. The van der Waals surface area contributed by atoms with Crippen LogP contribution in [0.2, 0.25) is 0 Å². The van der Waals surface area contributed by atoms with Crippen molar-refractivity contribution in [2.45, 2.75) is 144 Å². The molecule has 11 atom stereocenters. The lowest BCUT2D eigenvalue weighted by Crippen LogP contribution is -2.69. The molecule has 9 nitrogen and oxygen atoms in total. The highest BCUT2D eigenvalue weighted by atomic mass is 16.5. The number of aliphatic hydroxyl groups excluding tert-OH is 2. The molecule has 254 valence electrons. The minimum absolute atomic E-state index is 0.0498. The SMILES string of the molecule is CC(=O)O[C@H]1C[C@@]2(C)[C@@H](C[C@@H](O)[C@H]3[C@@]4(C)CC[C@@H](O)[C@](C)(n5cc(CN)nn5)[C@@H]4CC[C@@]32C)/C1=C(/C(C)=O)C1CCC(=C(C)C)C1. The lowest BCUT2D eigenvalue weighted by Gasteiger charge is -2.70. The van der Waals surface area contributed by atoms with Gasteiger partial charge in [0.15, 0.2) is 5.78 Å². The number of rotatable bonds is 5. The van der Waals surface area contributed by atoms with Crippen LogP contribution < -0.4 is 5.73 Å². The van der Waals surface area contributed by atoms with E-state index in [1.807, 2.05) is 10.9 Å². The molecule has 1 aromatic rings. The normalized spacial score (nSPS) is 44.7. The minimum atomic E-state index is -0.694. The third-order valence-corrected chi connectivity index (χ3v) is 14.4. The molecular weight excluding hydrogens is 580 g/mol. The highest BCUT2D eigenvalue weighted by Crippen LogP contribution is 2.75. The van der Waals surface area contributed by atoms with Crippen LogP contribution >= 0.6 is 0 Å². The van der Waals surface area contributed by atoms with Gasteiger partial charge in [0, 0.05) is 19.0 Å². The largest absolute Gasteiger partial charge is 0.458 e. The van der Waals surface area contributed by atoms with Gasteiger partial charge in [-0.3, -0.25) is 9.59 Å². The molecule has 0 spiro atoms. The summed E-state index contributed by atoms with van der Waals surface area (Å²) < 4.78 is 8.00. The van der Waals surface area contributed by atoms with Crippen molar-refractivity contribution in [1.82, 2.24) is 15.0 Å². The zero-order valence-corrected chi connectivity index (χ0v) is 29.2. The molecule has 5 fully saturated rings. The molecule has 5 aliphatic carbocycles. The maximum absolute atomic E-state index is 13.6. The number of aromatic nitrogens is 3. The first-order chi connectivity index (χ1) is 21.5. The number of esters is 1. The first-order valence-electron chi connectivity index (χ1n) is 17.6. The summed E-state index contributed by atoms with van der Waals surface area (Å²) >= 11 is 0. The molecule has 6 rings (SSSR count). The third kappa shape index (κ3) is 4.65. The van der Waals surface area contributed by atoms with Gasteiger partial charge in [0.1, 0.15) is 6.10 Å². The molecule has 1 heterocycles. The molecule has 1 aromatic heterocycles. The minimum Gasteiger partial charge on any atom is -0.458 e. The number of ketones is 1. The van der Waals surface area contributed by atoms with Crippen LogP contribution in [-0.2, 0) is 26.4 Å². The van der Waals surface area contributed by atoms with Crippen molar-refractivity contribution in [3.8, 4) is 0 Å². The molecule has 0 bridgehead atoms. The molecule has 0 radical (unpaired) electrons. The number of nitrogens with zero attached hydrogens (tertiary/aromatic N) is 3. The number of fused-ring (bicyclic) bond motifs is 5. The molecule has 46 heavy (non-hydrogen) atoms. The standard InChI is InChI=1S/C37H56N4O5/c1-20(2)23-9-10-24(15-23)31(21(3)42)32-26-16-27(44)33-34(5)13-12-30(45)37(8,41-19-25(18-38)39-40-41)29(34)11-14-35(33,6)36(26,7)17-28(32)46-22(4)43/h19,24,26-30,33,44-45H,9-18,38H2,1-8H3/b32-31+/t24?,26-,27+,28-,29+,30+,33-,34-,35-,36-,37+/m0/s1. The van der Waals surface area contributed by atoms with Gasteiger partial charge in [0.05, 0.1) is 29.6 Å². The number of hydrogen-bond donors (Lipinski definition) is 3. The Bertz CT molecular complexity index is 1480. The van der Waals surface area contributed by atoms with Gasteiger partial charge in [0.2, 0.25) is 0 Å². The van der Waals surface area contributed by atoms with Gasteiger partial charge in [0.25, 0.3) is 0 Å². The summed E-state index contributed by atoms with van der Waals surface area (Å²) in [6, 6.07) is 0. The van der Waals surface area contributed by atoms with Gasteiger partial charge in [-0.2, -0.15) is 0 Å². The second-order valence-electron chi connectivity index (χ2n) is 16.7. The first kappa shape index (κ1) is 33.5. The van der Waals surface area contributed by atoms with Crippen LogP contribution in [0.15, 0.2) is 28.5 Å². The Morgan fingerprint density at radius 3 is 2.35 bits per heavy atom. The zero-order chi connectivity index (χ0) is 33.6. The van der Waals surface area contributed by atoms with Crippen molar-refractivity contribution in [2.24, 2.45) is 45.7 Å². The number of nitrogens with two attached hydrogens (primary N) is 1. The molecule has 5 aliphatic rings. The molecule has 4 N–H and O–H groups in total. The summed E-state index contributed by atoms with van der Waals surface area (Å²) in [5.41, 5.74) is 9.59. The molecule has 1 unspecified atom stereocenters. The Labute approximate surface area is 274 Å².